The van der Waals surface area contributed by atoms with E-state index in [1.165, 1.54) is 0 Å². The van der Waals surface area contributed by atoms with Gasteiger partial charge in [0.2, 0.25) is 0 Å². The predicted octanol–water partition coefficient (Wildman–Crippen LogP) is 2.89. The Bertz CT molecular complexity index is 790. The lowest BCUT2D eigenvalue weighted by Crippen LogP contribution is -2.40. The zero-order valence-electron chi connectivity index (χ0n) is 12.2. The first-order valence-corrected chi connectivity index (χ1v) is 9.19. The van der Waals surface area contributed by atoms with Gasteiger partial charge in [-0.25, -0.2) is 0 Å². The number of hydrogen-bond acceptors (Lipinski definition) is 4. The van der Waals surface area contributed by atoms with Crippen LogP contribution in [0.25, 0.3) is 10.2 Å². The van der Waals surface area contributed by atoms with Gasteiger partial charge in [-0.2, -0.15) is 16.9 Å². The average Bonchev–Trinajstić information content (AvgIpc) is 3.21. The Morgan fingerprint density at radius 3 is 3.18 bits per heavy atom. The van der Waals surface area contributed by atoms with Crippen molar-refractivity contribution in [2.75, 3.05) is 18.1 Å². The fraction of sp³-hybridized carbons (Fsp3) is 0.333. The summed E-state index contributed by atoms with van der Waals surface area (Å²) in [5.41, 5.74) is 2.83. The summed E-state index contributed by atoms with van der Waals surface area (Å²) < 4.78 is 2.93. The van der Waals surface area contributed by atoms with Crippen LogP contribution in [0.2, 0.25) is 0 Å². The van der Waals surface area contributed by atoms with Crippen LogP contribution >= 0.6 is 23.1 Å². The summed E-state index contributed by atoms with van der Waals surface area (Å²) in [5, 5.41) is 6.28. The number of aromatic amines is 1. The minimum Gasteiger partial charge on any atom is -0.350 e. The number of carbonyl (C=O) groups is 1. The molecular formula is C15H16N4OS2. The number of H-pyrrole nitrogens is 1. The van der Waals surface area contributed by atoms with Gasteiger partial charge in [0.25, 0.3) is 5.91 Å². The first-order chi connectivity index (χ1) is 10.7. The molecule has 4 heterocycles. The number of nitrogens with zero attached hydrogens (tertiary/aromatic N) is 3. The fourth-order valence-corrected chi connectivity index (χ4v) is 4.72. The van der Waals surface area contributed by atoms with Gasteiger partial charge >= 0.3 is 0 Å². The molecule has 1 N–H and O–H groups in total. The molecule has 0 unspecified atom stereocenters. The van der Waals surface area contributed by atoms with Crippen LogP contribution < -0.4 is 0 Å². The summed E-state index contributed by atoms with van der Waals surface area (Å²) in [6.07, 6.45) is 3.87. The lowest BCUT2D eigenvalue weighted by Gasteiger charge is -2.34. The summed E-state index contributed by atoms with van der Waals surface area (Å²) in [4.78, 5) is 18.1. The van der Waals surface area contributed by atoms with Gasteiger partial charge in [0.15, 0.2) is 0 Å². The van der Waals surface area contributed by atoms with E-state index in [4.69, 9.17) is 0 Å². The van der Waals surface area contributed by atoms with Crippen molar-refractivity contribution in [1.82, 2.24) is 19.7 Å². The summed E-state index contributed by atoms with van der Waals surface area (Å²) in [5.74, 6) is 1.99. The minimum absolute atomic E-state index is 0.0811. The molecule has 1 atom stereocenters. The van der Waals surface area contributed by atoms with Crippen LogP contribution in [-0.4, -0.2) is 43.6 Å². The number of aryl methyl sites for hydroxylation is 1. The number of thioether (sulfide) groups is 1. The molecule has 22 heavy (non-hydrogen) atoms. The van der Waals surface area contributed by atoms with E-state index in [-0.39, 0.29) is 11.9 Å². The van der Waals surface area contributed by atoms with Gasteiger partial charge in [-0.15, -0.1) is 11.3 Å². The summed E-state index contributed by atoms with van der Waals surface area (Å²) in [6, 6.07) is 4.08. The first-order valence-electron chi connectivity index (χ1n) is 7.16. The van der Waals surface area contributed by atoms with Gasteiger partial charge in [0.05, 0.1) is 22.5 Å². The Morgan fingerprint density at radius 2 is 2.41 bits per heavy atom. The number of amides is 1. The number of fused-ring (bicyclic) bond motifs is 1. The average molecular weight is 332 g/mol. The molecule has 3 aromatic rings. The molecule has 1 aliphatic heterocycles. The topological polar surface area (TPSA) is 53.9 Å². The molecule has 1 aliphatic rings. The van der Waals surface area contributed by atoms with Crippen LogP contribution in [0, 0.1) is 0 Å². The smallest absolute Gasteiger partial charge is 0.270 e. The second kappa shape index (κ2) is 5.48. The number of aromatic nitrogens is 3. The molecule has 4 rings (SSSR count). The largest absolute Gasteiger partial charge is 0.350 e. The van der Waals surface area contributed by atoms with Crippen LogP contribution in [0.15, 0.2) is 29.9 Å². The maximum atomic E-state index is 12.9. The number of nitrogens with one attached hydrogen (secondary N) is 1. The van der Waals surface area contributed by atoms with Gasteiger partial charge in [0.1, 0.15) is 5.69 Å². The highest BCUT2D eigenvalue weighted by molar-refractivity contribution is 7.99. The molecule has 3 aromatic heterocycles. The third-order valence-corrected chi connectivity index (χ3v) is 5.86. The zero-order chi connectivity index (χ0) is 15.1. The summed E-state index contributed by atoms with van der Waals surface area (Å²) in [7, 11) is 1.91. The van der Waals surface area contributed by atoms with Gasteiger partial charge in [-0.3, -0.25) is 9.48 Å². The lowest BCUT2D eigenvalue weighted by atomic mass is 10.1. The Labute approximate surface area is 136 Å². The van der Waals surface area contributed by atoms with Crippen molar-refractivity contribution in [2.45, 2.75) is 6.04 Å². The van der Waals surface area contributed by atoms with Crippen molar-refractivity contribution in [3.8, 4) is 0 Å². The van der Waals surface area contributed by atoms with Crippen molar-refractivity contribution >= 4 is 39.2 Å². The predicted molar refractivity (Wildman–Crippen MR) is 90.5 cm³/mol. The van der Waals surface area contributed by atoms with Crippen molar-refractivity contribution < 1.29 is 4.79 Å². The number of hydrogen-bond donors (Lipinski definition) is 1. The molecule has 1 amide bonds. The first kappa shape index (κ1) is 13.9. The van der Waals surface area contributed by atoms with Gasteiger partial charge in [-0.05, 0) is 17.5 Å². The van der Waals surface area contributed by atoms with Gasteiger partial charge in [-0.1, -0.05) is 0 Å². The zero-order valence-corrected chi connectivity index (χ0v) is 13.8. The molecule has 0 aromatic carbocycles. The normalized spacial score (nSPS) is 19.0. The lowest BCUT2D eigenvalue weighted by molar-refractivity contribution is 0.0696. The van der Waals surface area contributed by atoms with E-state index in [1.807, 2.05) is 53.6 Å². The molecule has 1 fully saturated rings. The van der Waals surface area contributed by atoms with Crippen molar-refractivity contribution in [2.24, 2.45) is 7.05 Å². The fourth-order valence-electron chi connectivity index (χ4n) is 2.85. The van der Waals surface area contributed by atoms with E-state index in [0.29, 0.717) is 5.69 Å². The number of rotatable bonds is 2. The van der Waals surface area contributed by atoms with E-state index >= 15 is 0 Å². The van der Waals surface area contributed by atoms with Crippen molar-refractivity contribution in [3.05, 3.63) is 41.2 Å². The van der Waals surface area contributed by atoms with Gasteiger partial charge < -0.3 is 9.88 Å². The molecule has 0 spiro atoms. The number of thiophene rings is 1. The monoisotopic (exact) mass is 332 g/mol. The molecule has 7 heteroatoms. The van der Waals surface area contributed by atoms with Crippen LogP contribution in [0.5, 0.6) is 0 Å². The van der Waals surface area contributed by atoms with Gasteiger partial charge in [0, 0.05) is 36.9 Å². The molecule has 1 saturated heterocycles. The van der Waals surface area contributed by atoms with Crippen molar-refractivity contribution in [3.63, 3.8) is 0 Å². The molecule has 0 radical (unpaired) electrons. The minimum atomic E-state index is 0.0811. The van der Waals surface area contributed by atoms with E-state index in [2.05, 4.69) is 10.1 Å². The third-order valence-electron chi connectivity index (χ3n) is 3.97. The highest BCUT2D eigenvalue weighted by Crippen LogP contribution is 2.31. The molecule has 114 valence electrons. The quantitative estimate of drug-likeness (QED) is 0.785. The number of carbonyl (C=O) groups excluding carboxylic acids is 1. The van der Waals surface area contributed by atoms with Crippen LogP contribution in [0.3, 0.4) is 0 Å². The third kappa shape index (κ3) is 2.34. The van der Waals surface area contributed by atoms with Crippen LogP contribution in [0.4, 0.5) is 0 Å². The Hall–Kier alpha value is -1.73. The molecule has 0 saturated carbocycles. The SMILES string of the molecule is Cn1cc([C@H]2CSCCN2C(=O)c2cc3sccc3[nH]2)cn1. The van der Waals surface area contributed by atoms with Crippen LogP contribution in [0.1, 0.15) is 22.1 Å². The van der Waals surface area contributed by atoms with Crippen LogP contribution in [-0.2, 0) is 7.05 Å². The Balaban J connectivity index is 1.65. The maximum Gasteiger partial charge on any atom is 0.270 e. The van der Waals surface area contributed by atoms with E-state index < -0.39 is 0 Å². The van der Waals surface area contributed by atoms with Crippen molar-refractivity contribution in [1.29, 1.82) is 0 Å². The van der Waals surface area contributed by atoms with E-state index in [1.54, 1.807) is 16.0 Å². The molecule has 0 aliphatic carbocycles. The van der Waals surface area contributed by atoms with E-state index in [0.717, 1.165) is 33.8 Å². The summed E-state index contributed by atoms with van der Waals surface area (Å²) in [6.45, 7) is 0.774. The highest BCUT2D eigenvalue weighted by atomic mass is 32.2. The second-order valence-corrected chi connectivity index (χ2v) is 7.52. The molecule has 0 bridgehead atoms. The summed E-state index contributed by atoms with van der Waals surface area (Å²) >= 11 is 3.54. The maximum absolute atomic E-state index is 12.9. The second-order valence-electron chi connectivity index (χ2n) is 5.42. The Kier molecular flexibility index (Phi) is 3.46. The standard InChI is InChI=1S/C15H16N4OS2/c1-18-8-10(7-16-18)13-9-21-5-3-19(13)15(20)12-6-14-11(17-12)2-4-22-14/h2,4,6-8,13,17H,3,5,9H2,1H3/t13-/m1/s1. The highest BCUT2D eigenvalue weighted by Gasteiger charge is 2.30. The van der Waals surface area contributed by atoms with E-state index in [9.17, 15) is 4.79 Å². The molecular weight excluding hydrogens is 316 g/mol. The Morgan fingerprint density at radius 1 is 1.50 bits per heavy atom. The molecule has 5 nitrogen and oxygen atoms in total.